The normalized spacial score (nSPS) is 11.1. The van der Waals surface area contributed by atoms with Crippen LogP contribution in [0.5, 0.6) is 0 Å². The van der Waals surface area contributed by atoms with Gasteiger partial charge >= 0.3 is 5.91 Å². The zero-order chi connectivity index (χ0) is 20.0. The first-order chi connectivity index (χ1) is 13.3. The number of hydrogen-bond donors (Lipinski definition) is 1. The van der Waals surface area contributed by atoms with E-state index in [1.54, 1.807) is 36.4 Å². The van der Waals surface area contributed by atoms with Gasteiger partial charge in [-0.2, -0.15) is 0 Å². The van der Waals surface area contributed by atoms with E-state index in [9.17, 15) is 9.59 Å². The van der Waals surface area contributed by atoms with E-state index >= 15 is 0 Å². The highest BCUT2D eigenvalue weighted by Crippen LogP contribution is 2.31. The van der Waals surface area contributed by atoms with Crippen LogP contribution in [0.3, 0.4) is 0 Å². The first kappa shape index (κ1) is 19.4. The maximum atomic E-state index is 12.9. The SMILES string of the molecule is O=C(c1ccc(-c2ccc(Cl)cc2Cl)o1)n1c(=S)[nH]c2ccc(I)cc2c1=O. The molecule has 28 heavy (non-hydrogen) atoms. The summed E-state index contributed by atoms with van der Waals surface area (Å²) in [7, 11) is 0. The van der Waals surface area contributed by atoms with E-state index in [0.29, 0.717) is 32.3 Å². The molecule has 2 aromatic heterocycles. The number of benzene rings is 2. The first-order valence-corrected chi connectivity index (χ1v) is 10.1. The molecule has 2 aromatic carbocycles. The lowest BCUT2D eigenvalue weighted by Gasteiger charge is -2.06. The second-order valence-corrected chi connectivity index (χ2v) is 8.33. The number of carbonyl (C=O) groups excluding carboxylic acids is 1. The second-order valence-electron chi connectivity index (χ2n) is 5.85. The Morgan fingerprint density at radius 2 is 1.89 bits per heavy atom. The van der Waals surface area contributed by atoms with E-state index in [0.717, 1.165) is 8.14 Å². The van der Waals surface area contributed by atoms with Gasteiger partial charge in [0.25, 0.3) is 5.56 Å². The number of aromatic amines is 1. The summed E-state index contributed by atoms with van der Waals surface area (Å²) in [5.41, 5.74) is 0.632. The number of halogens is 3. The molecule has 0 atom stereocenters. The summed E-state index contributed by atoms with van der Waals surface area (Å²) in [5, 5.41) is 1.23. The number of nitrogens with zero attached hydrogens (tertiary/aromatic N) is 1. The van der Waals surface area contributed by atoms with Gasteiger partial charge in [-0.05, 0) is 83.3 Å². The van der Waals surface area contributed by atoms with Gasteiger partial charge in [-0.1, -0.05) is 23.2 Å². The molecular weight excluding hydrogens is 534 g/mol. The van der Waals surface area contributed by atoms with Crippen LogP contribution in [0.15, 0.2) is 57.7 Å². The van der Waals surface area contributed by atoms with Gasteiger partial charge in [0.15, 0.2) is 10.5 Å². The Bertz CT molecular complexity index is 1370. The number of fused-ring (bicyclic) bond motifs is 1. The van der Waals surface area contributed by atoms with Crippen molar-refractivity contribution < 1.29 is 9.21 Å². The molecule has 0 unspecified atom stereocenters. The molecule has 0 saturated carbocycles. The predicted molar refractivity (Wildman–Crippen MR) is 120 cm³/mol. The molecule has 140 valence electrons. The summed E-state index contributed by atoms with van der Waals surface area (Å²) in [6.07, 6.45) is 0. The van der Waals surface area contributed by atoms with Crippen molar-refractivity contribution in [2.75, 3.05) is 0 Å². The maximum absolute atomic E-state index is 12.9. The molecule has 1 N–H and O–H groups in total. The quantitative estimate of drug-likeness (QED) is 0.252. The highest BCUT2D eigenvalue weighted by Gasteiger charge is 2.19. The predicted octanol–water partition coefficient (Wildman–Crippen LogP) is 5.92. The van der Waals surface area contributed by atoms with Crippen molar-refractivity contribution in [3.05, 3.63) is 83.0 Å². The van der Waals surface area contributed by atoms with Crippen LogP contribution in [-0.4, -0.2) is 15.5 Å². The van der Waals surface area contributed by atoms with Gasteiger partial charge in [-0.15, -0.1) is 0 Å². The molecule has 0 saturated heterocycles. The summed E-state index contributed by atoms with van der Waals surface area (Å²) < 4.78 is 7.40. The number of carbonyl (C=O) groups is 1. The highest BCUT2D eigenvalue weighted by atomic mass is 127. The summed E-state index contributed by atoms with van der Waals surface area (Å²) in [6.45, 7) is 0. The molecule has 0 radical (unpaired) electrons. The Hall–Kier alpha value is -1.94. The lowest BCUT2D eigenvalue weighted by molar-refractivity contribution is 0.0927. The third-order valence-electron chi connectivity index (χ3n) is 4.08. The highest BCUT2D eigenvalue weighted by molar-refractivity contribution is 14.1. The van der Waals surface area contributed by atoms with Crippen LogP contribution in [0.1, 0.15) is 10.6 Å². The molecule has 2 heterocycles. The van der Waals surface area contributed by atoms with Crippen molar-refractivity contribution in [1.29, 1.82) is 0 Å². The van der Waals surface area contributed by atoms with Crippen molar-refractivity contribution in [1.82, 2.24) is 9.55 Å². The van der Waals surface area contributed by atoms with Gasteiger partial charge in [0, 0.05) is 14.2 Å². The largest absolute Gasteiger partial charge is 0.451 e. The van der Waals surface area contributed by atoms with Gasteiger partial charge in [-0.3, -0.25) is 9.59 Å². The Morgan fingerprint density at radius 3 is 2.64 bits per heavy atom. The van der Waals surface area contributed by atoms with Crippen LogP contribution in [-0.2, 0) is 0 Å². The molecule has 0 spiro atoms. The van der Waals surface area contributed by atoms with Gasteiger partial charge in [0.05, 0.1) is 15.9 Å². The van der Waals surface area contributed by atoms with Crippen LogP contribution < -0.4 is 5.56 Å². The minimum atomic E-state index is -0.664. The number of nitrogens with one attached hydrogen (secondary N) is 1. The number of furan rings is 1. The van der Waals surface area contributed by atoms with E-state index in [-0.39, 0.29) is 10.5 Å². The summed E-state index contributed by atoms with van der Waals surface area (Å²) >= 11 is 19.4. The lowest BCUT2D eigenvalue weighted by atomic mass is 10.2. The van der Waals surface area contributed by atoms with E-state index in [1.807, 2.05) is 6.07 Å². The fourth-order valence-electron chi connectivity index (χ4n) is 2.77. The van der Waals surface area contributed by atoms with Gasteiger partial charge in [0.1, 0.15) is 5.76 Å². The molecule has 0 aliphatic heterocycles. The van der Waals surface area contributed by atoms with Crippen LogP contribution in [0, 0.1) is 8.34 Å². The smallest absolute Gasteiger partial charge is 0.302 e. The molecule has 0 aliphatic rings. The number of aromatic nitrogens is 2. The third-order valence-corrected chi connectivity index (χ3v) is 5.58. The minimum Gasteiger partial charge on any atom is -0.451 e. The Morgan fingerprint density at radius 1 is 1.11 bits per heavy atom. The standard InChI is InChI=1S/C19H9Cl2IN2O3S/c20-9-1-3-11(13(21)7-9)15-5-6-16(27-15)18(26)24-17(25)12-8-10(22)2-4-14(12)23-19(24)28/h1-8H,(H,23,28). The maximum Gasteiger partial charge on any atom is 0.302 e. The first-order valence-electron chi connectivity index (χ1n) is 7.90. The molecule has 4 aromatic rings. The van der Waals surface area contributed by atoms with Crippen LogP contribution in [0.4, 0.5) is 0 Å². The van der Waals surface area contributed by atoms with E-state index < -0.39 is 11.5 Å². The molecule has 4 rings (SSSR count). The van der Waals surface area contributed by atoms with Crippen molar-refractivity contribution >= 4 is 74.8 Å². The molecule has 0 bridgehead atoms. The minimum absolute atomic E-state index is 0.00816. The Labute approximate surface area is 187 Å². The van der Waals surface area contributed by atoms with E-state index in [4.69, 9.17) is 39.8 Å². The van der Waals surface area contributed by atoms with Crippen molar-refractivity contribution in [2.45, 2.75) is 0 Å². The number of hydrogen-bond acceptors (Lipinski definition) is 4. The Balaban J connectivity index is 1.82. The topological polar surface area (TPSA) is 68.0 Å². The summed E-state index contributed by atoms with van der Waals surface area (Å²) in [5.74, 6) is -0.320. The molecule has 5 nitrogen and oxygen atoms in total. The van der Waals surface area contributed by atoms with Gasteiger partial charge < -0.3 is 9.40 Å². The van der Waals surface area contributed by atoms with E-state index in [1.165, 1.54) is 6.07 Å². The van der Waals surface area contributed by atoms with Crippen LogP contribution in [0.2, 0.25) is 10.0 Å². The number of rotatable bonds is 2. The molecular formula is C19H9Cl2IN2O3S. The molecule has 9 heteroatoms. The average molecular weight is 543 g/mol. The van der Waals surface area contributed by atoms with Crippen molar-refractivity contribution in [3.63, 3.8) is 0 Å². The monoisotopic (exact) mass is 542 g/mol. The molecule has 0 aliphatic carbocycles. The van der Waals surface area contributed by atoms with Gasteiger partial charge in [-0.25, -0.2) is 4.57 Å². The lowest BCUT2D eigenvalue weighted by Crippen LogP contribution is -2.28. The third kappa shape index (κ3) is 3.43. The Kier molecular flexibility index (Phi) is 5.17. The molecule has 0 fully saturated rings. The van der Waals surface area contributed by atoms with Crippen LogP contribution >= 0.6 is 58.0 Å². The summed E-state index contributed by atoms with van der Waals surface area (Å²) in [4.78, 5) is 28.7. The van der Waals surface area contributed by atoms with Gasteiger partial charge in [0.2, 0.25) is 0 Å². The molecule has 0 amide bonds. The fraction of sp³-hybridized carbons (Fsp3) is 0. The van der Waals surface area contributed by atoms with Crippen molar-refractivity contribution in [3.8, 4) is 11.3 Å². The number of H-pyrrole nitrogens is 1. The fourth-order valence-corrected chi connectivity index (χ4v) is 4.04. The zero-order valence-corrected chi connectivity index (χ0v) is 18.3. The second kappa shape index (κ2) is 7.47. The van der Waals surface area contributed by atoms with E-state index in [2.05, 4.69) is 27.6 Å². The van der Waals surface area contributed by atoms with Crippen LogP contribution in [0.25, 0.3) is 22.2 Å². The zero-order valence-electron chi connectivity index (χ0n) is 13.8. The summed E-state index contributed by atoms with van der Waals surface area (Å²) in [6, 6.07) is 13.3. The average Bonchev–Trinajstić information content (AvgIpc) is 3.12. The van der Waals surface area contributed by atoms with Crippen molar-refractivity contribution in [2.24, 2.45) is 0 Å².